The second-order valence-corrected chi connectivity index (χ2v) is 4.68. The highest BCUT2D eigenvalue weighted by Gasteiger charge is 2.15. The van der Waals surface area contributed by atoms with Gasteiger partial charge in [0.1, 0.15) is 5.84 Å². The minimum absolute atomic E-state index is 0.106. The molecular weight excluding hydrogens is 224 g/mol. The Morgan fingerprint density at radius 3 is 2.61 bits per heavy atom. The highest BCUT2D eigenvalue weighted by Crippen LogP contribution is 2.23. The number of aryl methyl sites for hydroxylation is 1. The normalized spacial score (nSPS) is 14.2. The zero-order valence-corrected chi connectivity index (χ0v) is 10.2. The number of nitrogen functional groups attached to an aromatic ring is 1. The average molecular weight is 240 g/mol. The van der Waals surface area contributed by atoms with Crippen molar-refractivity contribution in [3.8, 4) is 5.69 Å². The molecule has 18 heavy (non-hydrogen) atoms. The van der Waals surface area contributed by atoms with Crippen molar-refractivity contribution in [2.45, 2.75) is 25.7 Å². The molecule has 1 aliphatic rings. The Hall–Kier alpha value is -2.10. The van der Waals surface area contributed by atoms with Crippen LogP contribution in [0.4, 0.5) is 0 Å². The molecule has 0 aliphatic heterocycles. The summed E-state index contributed by atoms with van der Waals surface area (Å²) in [5.74, 6) is 0.106. The van der Waals surface area contributed by atoms with Crippen molar-refractivity contribution in [2.24, 2.45) is 5.73 Å². The number of nitrogens with zero attached hydrogens (tertiary/aromatic N) is 2. The second kappa shape index (κ2) is 4.29. The van der Waals surface area contributed by atoms with Crippen molar-refractivity contribution in [3.63, 3.8) is 0 Å². The first-order valence-electron chi connectivity index (χ1n) is 6.25. The van der Waals surface area contributed by atoms with Gasteiger partial charge in [-0.05, 0) is 49.9 Å². The molecular formula is C14H16N4. The SMILES string of the molecule is N=C(N)c1ccc(-n2cnc3c2CCCC3)cc1. The van der Waals surface area contributed by atoms with Crippen LogP contribution in [0.1, 0.15) is 29.8 Å². The van der Waals surface area contributed by atoms with Crippen molar-refractivity contribution in [3.05, 3.63) is 47.5 Å². The highest BCUT2D eigenvalue weighted by molar-refractivity contribution is 5.95. The maximum atomic E-state index is 7.39. The maximum Gasteiger partial charge on any atom is 0.122 e. The van der Waals surface area contributed by atoms with Gasteiger partial charge in [0.15, 0.2) is 0 Å². The third kappa shape index (κ3) is 1.79. The van der Waals surface area contributed by atoms with Crippen LogP contribution in [0.5, 0.6) is 0 Å². The van der Waals surface area contributed by atoms with Gasteiger partial charge in [0.05, 0.1) is 12.0 Å². The molecule has 1 aromatic heterocycles. The van der Waals surface area contributed by atoms with Gasteiger partial charge in [-0.3, -0.25) is 5.41 Å². The number of aromatic nitrogens is 2. The summed E-state index contributed by atoms with van der Waals surface area (Å²) in [5.41, 5.74) is 9.87. The fourth-order valence-corrected chi connectivity index (χ4v) is 2.49. The van der Waals surface area contributed by atoms with Crippen LogP contribution >= 0.6 is 0 Å². The predicted molar refractivity (Wildman–Crippen MR) is 71.2 cm³/mol. The first-order chi connectivity index (χ1) is 8.75. The summed E-state index contributed by atoms with van der Waals surface area (Å²) in [5, 5.41) is 7.39. The van der Waals surface area contributed by atoms with Crippen LogP contribution < -0.4 is 5.73 Å². The van der Waals surface area contributed by atoms with Gasteiger partial charge in [-0.2, -0.15) is 0 Å². The van der Waals surface area contributed by atoms with Crippen molar-refractivity contribution < 1.29 is 0 Å². The molecule has 2 aromatic rings. The van der Waals surface area contributed by atoms with E-state index in [-0.39, 0.29) is 5.84 Å². The van der Waals surface area contributed by atoms with Crippen LogP contribution in [0, 0.1) is 5.41 Å². The maximum absolute atomic E-state index is 7.39. The highest BCUT2D eigenvalue weighted by atomic mass is 15.1. The van der Waals surface area contributed by atoms with Crippen LogP contribution in [0.15, 0.2) is 30.6 Å². The number of nitrogens with two attached hydrogens (primary N) is 1. The Bertz CT molecular complexity index is 580. The Balaban J connectivity index is 1.99. The summed E-state index contributed by atoms with van der Waals surface area (Å²) >= 11 is 0. The quantitative estimate of drug-likeness (QED) is 0.623. The number of benzene rings is 1. The standard InChI is InChI=1S/C14H16N4/c15-14(16)10-5-7-11(8-6-10)18-9-17-12-3-1-2-4-13(12)18/h5-9H,1-4H2,(H3,15,16). The number of nitrogens with one attached hydrogen (secondary N) is 1. The zero-order chi connectivity index (χ0) is 12.5. The average Bonchev–Trinajstić information content (AvgIpc) is 2.82. The van der Waals surface area contributed by atoms with Gasteiger partial charge in [-0.25, -0.2) is 4.98 Å². The number of hydrogen-bond donors (Lipinski definition) is 2. The number of amidine groups is 1. The summed E-state index contributed by atoms with van der Waals surface area (Å²) in [6.45, 7) is 0. The Morgan fingerprint density at radius 1 is 1.17 bits per heavy atom. The van der Waals surface area contributed by atoms with E-state index >= 15 is 0 Å². The predicted octanol–water partition coefficient (Wildman–Crippen LogP) is 2.04. The van der Waals surface area contributed by atoms with Gasteiger partial charge in [-0.15, -0.1) is 0 Å². The fourth-order valence-electron chi connectivity index (χ4n) is 2.49. The first-order valence-corrected chi connectivity index (χ1v) is 6.25. The molecule has 0 unspecified atom stereocenters. The number of fused-ring (bicyclic) bond motifs is 1. The van der Waals surface area contributed by atoms with E-state index in [0.29, 0.717) is 0 Å². The molecule has 1 aromatic carbocycles. The minimum Gasteiger partial charge on any atom is -0.384 e. The topological polar surface area (TPSA) is 67.7 Å². The largest absolute Gasteiger partial charge is 0.384 e. The van der Waals surface area contributed by atoms with Gasteiger partial charge < -0.3 is 10.3 Å². The van der Waals surface area contributed by atoms with E-state index in [9.17, 15) is 0 Å². The number of imidazole rings is 1. The van der Waals surface area contributed by atoms with E-state index in [4.69, 9.17) is 11.1 Å². The van der Waals surface area contributed by atoms with Crippen molar-refractivity contribution >= 4 is 5.84 Å². The molecule has 1 aliphatic carbocycles. The van der Waals surface area contributed by atoms with Gasteiger partial charge in [0.2, 0.25) is 0 Å². The summed E-state index contributed by atoms with van der Waals surface area (Å²) in [7, 11) is 0. The Kier molecular flexibility index (Phi) is 2.63. The second-order valence-electron chi connectivity index (χ2n) is 4.68. The van der Waals surface area contributed by atoms with Crippen molar-refractivity contribution in [2.75, 3.05) is 0 Å². The van der Waals surface area contributed by atoms with E-state index in [1.165, 1.54) is 24.2 Å². The van der Waals surface area contributed by atoms with Crippen LogP contribution in [0.3, 0.4) is 0 Å². The molecule has 0 atom stereocenters. The summed E-state index contributed by atoms with van der Waals surface area (Å²) in [4.78, 5) is 4.49. The van der Waals surface area contributed by atoms with Crippen LogP contribution in [-0.2, 0) is 12.8 Å². The van der Waals surface area contributed by atoms with E-state index in [2.05, 4.69) is 9.55 Å². The summed E-state index contributed by atoms with van der Waals surface area (Å²) in [6.07, 6.45) is 6.58. The summed E-state index contributed by atoms with van der Waals surface area (Å²) < 4.78 is 2.15. The smallest absolute Gasteiger partial charge is 0.122 e. The van der Waals surface area contributed by atoms with Crippen LogP contribution in [-0.4, -0.2) is 15.4 Å². The van der Waals surface area contributed by atoms with Gasteiger partial charge in [0, 0.05) is 16.9 Å². The van der Waals surface area contributed by atoms with Crippen LogP contribution in [0.2, 0.25) is 0 Å². The lowest BCUT2D eigenvalue weighted by Gasteiger charge is -2.14. The van der Waals surface area contributed by atoms with Gasteiger partial charge in [-0.1, -0.05) is 0 Å². The summed E-state index contributed by atoms with van der Waals surface area (Å²) in [6, 6.07) is 7.75. The molecule has 0 fully saturated rings. The molecule has 0 bridgehead atoms. The molecule has 1 heterocycles. The molecule has 92 valence electrons. The van der Waals surface area contributed by atoms with Crippen LogP contribution in [0.25, 0.3) is 5.69 Å². The molecule has 0 amide bonds. The molecule has 0 spiro atoms. The molecule has 0 saturated heterocycles. The first kappa shape index (κ1) is 11.0. The van der Waals surface area contributed by atoms with E-state index in [1.807, 2.05) is 30.6 Å². The van der Waals surface area contributed by atoms with Crippen molar-refractivity contribution in [1.29, 1.82) is 5.41 Å². The third-order valence-electron chi connectivity index (χ3n) is 3.49. The lowest BCUT2D eigenvalue weighted by atomic mass is 10.0. The molecule has 0 radical (unpaired) electrons. The minimum atomic E-state index is 0.106. The third-order valence-corrected chi connectivity index (χ3v) is 3.49. The molecule has 3 rings (SSSR count). The lowest BCUT2D eigenvalue weighted by Crippen LogP contribution is -2.11. The van der Waals surface area contributed by atoms with Gasteiger partial charge in [0.25, 0.3) is 0 Å². The Morgan fingerprint density at radius 2 is 1.89 bits per heavy atom. The number of hydrogen-bond acceptors (Lipinski definition) is 2. The Labute approximate surface area is 106 Å². The van der Waals surface area contributed by atoms with Gasteiger partial charge >= 0.3 is 0 Å². The molecule has 4 nitrogen and oxygen atoms in total. The van der Waals surface area contributed by atoms with E-state index in [1.54, 1.807) is 0 Å². The monoisotopic (exact) mass is 240 g/mol. The van der Waals surface area contributed by atoms with Crippen molar-refractivity contribution in [1.82, 2.24) is 9.55 Å². The molecule has 4 heteroatoms. The fraction of sp³-hybridized carbons (Fsp3) is 0.286. The van der Waals surface area contributed by atoms with E-state index < -0.39 is 0 Å². The molecule has 3 N–H and O–H groups in total. The molecule has 0 saturated carbocycles. The zero-order valence-electron chi connectivity index (χ0n) is 10.2. The van der Waals surface area contributed by atoms with E-state index in [0.717, 1.165) is 24.1 Å². The lowest BCUT2D eigenvalue weighted by molar-refractivity contribution is 0.656. The number of rotatable bonds is 2.